The number of fused-ring (bicyclic) bond motifs is 1. The molecule has 0 saturated carbocycles. The molecule has 37 heavy (non-hydrogen) atoms. The number of benzene rings is 3. The molecular weight excluding hydrogens is 481 g/mol. The number of ether oxygens (including phenoxy) is 2. The van der Waals surface area contributed by atoms with Gasteiger partial charge in [-0.1, -0.05) is 42.5 Å². The van der Waals surface area contributed by atoms with E-state index >= 15 is 0 Å². The molecule has 3 aromatic carbocycles. The molecule has 1 N–H and O–H groups in total. The highest BCUT2D eigenvalue weighted by molar-refractivity contribution is 5.83. The molecule has 0 radical (unpaired) electrons. The number of methoxy groups -OCH3 is 2. The van der Waals surface area contributed by atoms with E-state index in [-0.39, 0.29) is 42.5 Å². The highest BCUT2D eigenvalue weighted by atomic mass is 19.4. The first-order valence-corrected chi connectivity index (χ1v) is 11.3. The highest BCUT2D eigenvalue weighted by Gasteiger charge is 2.37. The number of nitrogens with zero attached hydrogens (tertiary/aromatic N) is 1. The van der Waals surface area contributed by atoms with Gasteiger partial charge in [0, 0.05) is 23.7 Å². The minimum absolute atomic E-state index is 0.0114. The number of hydrogen-bond acceptors (Lipinski definition) is 4. The van der Waals surface area contributed by atoms with Crippen molar-refractivity contribution in [1.29, 1.82) is 0 Å². The Bertz CT molecular complexity index is 1620. The van der Waals surface area contributed by atoms with Gasteiger partial charge in [0.05, 0.1) is 30.6 Å². The zero-order valence-corrected chi connectivity index (χ0v) is 19.5. The minimum Gasteiger partial charge on any atom is -0.493 e. The molecule has 0 spiro atoms. The zero-order valence-electron chi connectivity index (χ0n) is 30.5. The van der Waals surface area contributed by atoms with E-state index in [1.165, 1.54) is 42.5 Å². The second-order valence-electron chi connectivity index (χ2n) is 8.37. The predicted octanol–water partition coefficient (Wildman–Crippen LogP) is 5.74. The Labute approximate surface area is 230 Å². The molecule has 4 rings (SSSR count). The van der Waals surface area contributed by atoms with Crippen molar-refractivity contribution in [2.45, 2.75) is 37.5 Å². The van der Waals surface area contributed by atoms with Crippen LogP contribution in [0.15, 0.2) is 66.7 Å². The van der Waals surface area contributed by atoms with Gasteiger partial charge in [-0.25, -0.2) is 0 Å². The van der Waals surface area contributed by atoms with Crippen LogP contribution in [0.5, 0.6) is 11.5 Å². The molecule has 0 aromatic heterocycles. The number of alkyl halides is 3. The molecule has 0 bridgehead atoms. The fourth-order valence-corrected chi connectivity index (χ4v) is 4.45. The van der Waals surface area contributed by atoms with Crippen molar-refractivity contribution in [1.82, 2.24) is 10.2 Å². The van der Waals surface area contributed by atoms with Crippen LogP contribution in [-0.4, -0.2) is 38.4 Å². The summed E-state index contributed by atoms with van der Waals surface area (Å²) in [6, 6.07) is 9.04. The number of nitrogens with one attached hydrogen (secondary N) is 1. The van der Waals surface area contributed by atoms with E-state index in [1.54, 1.807) is 6.07 Å². The lowest BCUT2D eigenvalue weighted by molar-refractivity contribution is -0.137. The molecule has 0 fully saturated rings. The molecule has 0 saturated heterocycles. The molecule has 1 amide bonds. The summed E-state index contributed by atoms with van der Waals surface area (Å²) in [5, 5.41) is 1.85. The van der Waals surface area contributed by atoms with Crippen LogP contribution in [0.25, 0.3) is 0 Å². The lowest BCUT2D eigenvalue weighted by atomic mass is 9.86. The number of hydrogen-bond donors (Lipinski definition) is 1. The van der Waals surface area contributed by atoms with Crippen molar-refractivity contribution in [2.24, 2.45) is 0 Å². The van der Waals surface area contributed by atoms with Crippen molar-refractivity contribution < 1.29 is 42.5 Å². The van der Waals surface area contributed by atoms with Gasteiger partial charge >= 0.3 is 6.18 Å². The Hall–Kier alpha value is -3.52. The van der Waals surface area contributed by atoms with E-state index in [4.69, 9.17) is 21.8 Å². The van der Waals surface area contributed by atoms with Crippen molar-refractivity contribution in [2.75, 3.05) is 27.6 Å². The van der Waals surface area contributed by atoms with Crippen molar-refractivity contribution in [3.8, 4) is 11.5 Å². The molecule has 2 atom stereocenters. The highest BCUT2D eigenvalue weighted by Crippen LogP contribution is 2.43. The summed E-state index contributed by atoms with van der Waals surface area (Å²) in [4.78, 5) is 14.9. The van der Waals surface area contributed by atoms with Crippen LogP contribution in [0, 0.1) is 0 Å². The number of carbonyl (C=O) groups excluding carboxylic acids is 1. The van der Waals surface area contributed by atoms with Gasteiger partial charge in [0.1, 0.15) is 6.02 Å². The number of carbonyl (C=O) groups is 1. The van der Waals surface area contributed by atoms with Gasteiger partial charge in [0.15, 0.2) is 11.5 Å². The summed E-state index contributed by atoms with van der Waals surface area (Å²) >= 11 is 0. The molecule has 0 aliphatic carbocycles. The van der Waals surface area contributed by atoms with Crippen LogP contribution in [-0.2, 0) is 23.8 Å². The minimum atomic E-state index is -4.60. The second kappa shape index (κ2) is 11.3. The Morgan fingerprint density at radius 1 is 1.14 bits per heavy atom. The monoisotopic (exact) mass is 523 g/mol. The SMILES string of the molecule is [2H]C([2H])([2H])NC(=O)[C@@]([2H])(c1ccccc1)N1CCc2cc(OC([2H])([2H])[2H])c(OC([2H])([2H])[2H])cc2[C@]1([2H])CCc1ccc(C(F)(F)F)cc1. The van der Waals surface area contributed by atoms with Crippen LogP contribution in [0.4, 0.5) is 13.2 Å². The summed E-state index contributed by atoms with van der Waals surface area (Å²) in [7, 11) is -6.14. The van der Waals surface area contributed by atoms with Crippen LogP contribution in [0.3, 0.4) is 0 Å². The average molecular weight is 524 g/mol. The van der Waals surface area contributed by atoms with Crippen LogP contribution < -0.4 is 14.8 Å². The maximum absolute atomic E-state index is 13.8. The first kappa shape index (κ1) is 15.7. The summed E-state index contributed by atoms with van der Waals surface area (Å²) in [6.07, 6.45) is -5.05. The van der Waals surface area contributed by atoms with Gasteiger partial charge in [-0.3, -0.25) is 9.69 Å². The quantitative estimate of drug-likeness (QED) is 0.409. The summed E-state index contributed by atoms with van der Waals surface area (Å²) < 4.78 is 138. The topological polar surface area (TPSA) is 50.8 Å². The van der Waals surface area contributed by atoms with E-state index in [2.05, 4.69) is 0 Å². The van der Waals surface area contributed by atoms with Gasteiger partial charge < -0.3 is 14.8 Å². The number of aryl methyl sites for hydroxylation is 1. The molecule has 0 unspecified atom stereocenters. The number of halogens is 3. The third kappa shape index (κ3) is 5.74. The molecule has 5 nitrogen and oxygen atoms in total. The lowest BCUT2D eigenvalue weighted by Gasteiger charge is -2.42. The van der Waals surface area contributed by atoms with Gasteiger partial charge in [0.2, 0.25) is 5.91 Å². The maximum Gasteiger partial charge on any atom is 0.416 e. The summed E-state index contributed by atoms with van der Waals surface area (Å²) in [5.74, 6) is -2.35. The molecule has 1 heterocycles. The molecule has 1 aliphatic rings. The normalized spacial score (nSPS) is 24.8. The first-order chi connectivity index (χ1) is 21.9. The van der Waals surface area contributed by atoms with E-state index in [0.29, 0.717) is 5.56 Å². The number of rotatable bonds is 8. The summed E-state index contributed by atoms with van der Waals surface area (Å²) in [5.41, 5.74) is -0.308. The van der Waals surface area contributed by atoms with Gasteiger partial charge in [-0.15, -0.1) is 0 Å². The van der Waals surface area contributed by atoms with Gasteiger partial charge in [0.25, 0.3) is 0 Å². The Balaban J connectivity index is 1.94. The summed E-state index contributed by atoms with van der Waals surface area (Å²) in [6.45, 7) is -3.28. The Kier molecular flexibility index (Phi) is 4.77. The fourth-order valence-electron chi connectivity index (χ4n) is 4.45. The van der Waals surface area contributed by atoms with Gasteiger partial charge in [-0.05, 0) is 65.8 Å². The molecule has 3 aromatic rings. The van der Waals surface area contributed by atoms with E-state index in [0.717, 1.165) is 23.1 Å². The lowest BCUT2D eigenvalue weighted by Crippen LogP contribution is -2.44. The third-order valence-corrected chi connectivity index (χ3v) is 6.21. The molecule has 8 heteroatoms. The number of amides is 1. The molecule has 1 aliphatic heterocycles. The van der Waals surface area contributed by atoms with Crippen LogP contribution in [0.1, 0.15) is 61.4 Å². The Morgan fingerprint density at radius 3 is 2.49 bits per heavy atom. The van der Waals surface area contributed by atoms with E-state index < -0.39 is 62.2 Å². The fraction of sp³-hybridized carbons (Fsp3) is 0.345. The molecular formula is C29H31F3N2O3. The molecule has 196 valence electrons. The van der Waals surface area contributed by atoms with Crippen LogP contribution in [0.2, 0.25) is 0 Å². The predicted molar refractivity (Wildman–Crippen MR) is 136 cm³/mol. The average Bonchev–Trinajstić information content (AvgIpc) is 2.94. The standard InChI is InChI=1S/C29H31F3N2O3/c1-33-28(35)27(20-7-5-4-6-8-20)34-16-15-21-17-25(36-2)26(37-3)18-23(21)24(34)14-11-19-9-12-22(13-10-19)29(30,31)32/h4-10,12-13,17-18,24,27H,11,14-16H2,1-3H3,(H,33,35)/t24-,27+/m0/s1/i1D3,2D3,3D3,24D,27D. The third-order valence-electron chi connectivity index (χ3n) is 6.21. The van der Waals surface area contributed by atoms with Gasteiger partial charge in [-0.2, -0.15) is 13.2 Å². The number of likely N-dealkylation sites (N-methyl/N-ethyl adjacent to an activating group) is 1. The van der Waals surface area contributed by atoms with Crippen molar-refractivity contribution in [3.63, 3.8) is 0 Å². The smallest absolute Gasteiger partial charge is 0.416 e. The zero-order chi connectivity index (χ0) is 35.9. The van der Waals surface area contributed by atoms with Crippen molar-refractivity contribution in [3.05, 3.63) is 94.5 Å². The van der Waals surface area contributed by atoms with E-state index in [1.807, 2.05) is 5.32 Å². The first-order valence-electron chi connectivity index (χ1n) is 16.8. The van der Waals surface area contributed by atoms with Crippen LogP contribution >= 0.6 is 0 Å². The largest absolute Gasteiger partial charge is 0.493 e. The maximum atomic E-state index is 13.8. The Morgan fingerprint density at radius 2 is 1.84 bits per heavy atom. The van der Waals surface area contributed by atoms with E-state index in [9.17, 15) is 20.7 Å². The second-order valence-corrected chi connectivity index (χ2v) is 8.37. The van der Waals surface area contributed by atoms with Crippen molar-refractivity contribution >= 4 is 5.91 Å².